The second kappa shape index (κ2) is 14.1. The smallest absolute Gasteiger partial charge is 0.119 e. The Kier molecular flexibility index (Phi) is 10.3. The molecule has 4 rings (SSSR count). The molecule has 5 nitrogen and oxygen atoms in total. The number of hydrogen-bond donors (Lipinski definition) is 2. The molecule has 0 aliphatic carbocycles. The fraction of sp³-hybridized carbons (Fsp3) is 0.455. The Morgan fingerprint density at radius 3 is 2.55 bits per heavy atom. The van der Waals surface area contributed by atoms with Gasteiger partial charge in [-0.2, -0.15) is 0 Å². The highest BCUT2D eigenvalue weighted by Crippen LogP contribution is 2.35. The van der Waals surface area contributed by atoms with E-state index in [2.05, 4.69) is 84.4 Å². The largest absolute Gasteiger partial charge is 0.508 e. The van der Waals surface area contributed by atoms with Gasteiger partial charge in [0.25, 0.3) is 0 Å². The number of phenolic OH excluding ortho intramolecular Hbond substituents is 1. The van der Waals surface area contributed by atoms with Gasteiger partial charge >= 0.3 is 0 Å². The highest BCUT2D eigenvalue weighted by Gasteiger charge is 2.21. The van der Waals surface area contributed by atoms with Crippen LogP contribution in [0.25, 0.3) is 0 Å². The highest BCUT2D eigenvalue weighted by molar-refractivity contribution is 5.73. The molecule has 0 amide bonds. The van der Waals surface area contributed by atoms with Crippen molar-refractivity contribution in [2.24, 2.45) is 0 Å². The zero-order valence-corrected chi connectivity index (χ0v) is 23.5. The summed E-state index contributed by atoms with van der Waals surface area (Å²) in [5, 5.41) is 13.4. The molecule has 38 heavy (non-hydrogen) atoms. The summed E-state index contributed by atoms with van der Waals surface area (Å²) in [6.07, 6.45) is 6.10. The molecular weight excluding hydrogens is 470 g/mol. The van der Waals surface area contributed by atoms with Crippen LogP contribution >= 0.6 is 0 Å². The van der Waals surface area contributed by atoms with E-state index in [1.807, 2.05) is 6.07 Å². The summed E-state index contributed by atoms with van der Waals surface area (Å²) < 4.78 is 5.96. The molecule has 0 unspecified atom stereocenters. The van der Waals surface area contributed by atoms with Gasteiger partial charge in [-0.1, -0.05) is 50.5 Å². The lowest BCUT2D eigenvalue weighted by atomic mass is 9.98. The van der Waals surface area contributed by atoms with Crippen LogP contribution in [0.3, 0.4) is 0 Å². The Morgan fingerprint density at radius 2 is 1.76 bits per heavy atom. The molecule has 2 N–H and O–H groups in total. The van der Waals surface area contributed by atoms with Crippen LogP contribution in [0.5, 0.6) is 11.5 Å². The summed E-state index contributed by atoms with van der Waals surface area (Å²) in [6.45, 7) is 12.9. The van der Waals surface area contributed by atoms with Crippen LogP contribution in [-0.2, 0) is 19.5 Å². The number of hydrogen-bond acceptors (Lipinski definition) is 5. The first kappa shape index (κ1) is 27.8. The van der Waals surface area contributed by atoms with E-state index in [1.54, 1.807) is 6.07 Å². The summed E-state index contributed by atoms with van der Waals surface area (Å²) in [4.78, 5) is 4.94. The second-order valence-electron chi connectivity index (χ2n) is 10.4. The van der Waals surface area contributed by atoms with Crippen LogP contribution in [-0.4, -0.2) is 37.9 Å². The van der Waals surface area contributed by atoms with Crippen molar-refractivity contribution >= 4 is 11.4 Å². The van der Waals surface area contributed by atoms with E-state index in [0.29, 0.717) is 12.4 Å². The summed E-state index contributed by atoms with van der Waals surface area (Å²) in [6, 6.07) is 21.2. The number of fused-ring (bicyclic) bond motifs is 1. The summed E-state index contributed by atoms with van der Waals surface area (Å²) in [5.74, 6) is 1.29. The predicted molar refractivity (Wildman–Crippen MR) is 160 cm³/mol. The first-order valence-electron chi connectivity index (χ1n) is 14.4. The number of aryl methyl sites for hydroxylation is 1. The molecule has 0 saturated heterocycles. The number of nitrogens with one attached hydrogen (secondary N) is 1. The number of aromatic hydroxyl groups is 1. The normalized spacial score (nSPS) is 12.9. The van der Waals surface area contributed by atoms with Crippen molar-refractivity contribution in [1.29, 1.82) is 0 Å². The maximum atomic E-state index is 9.87. The molecule has 1 heterocycles. The molecule has 204 valence electrons. The number of rotatable bonds is 14. The number of anilines is 2. The van der Waals surface area contributed by atoms with Crippen LogP contribution < -0.4 is 19.9 Å². The molecule has 0 spiro atoms. The molecule has 0 saturated carbocycles. The predicted octanol–water partition coefficient (Wildman–Crippen LogP) is 6.84. The molecule has 0 bridgehead atoms. The molecule has 3 aromatic carbocycles. The molecular formula is C33H45N3O2. The van der Waals surface area contributed by atoms with Gasteiger partial charge < -0.3 is 25.0 Å². The number of phenols is 1. The summed E-state index contributed by atoms with van der Waals surface area (Å²) in [5.41, 5.74) is 7.66. The van der Waals surface area contributed by atoms with Crippen molar-refractivity contribution in [1.82, 2.24) is 5.32 Å². The zero-order chi connectivity index (χ0) is 26.7. The molecule has 1 aliphatic rings. The third-order valence-corrected chi connectivity index (χ3v) is 7.45. The molecule has 0 aromatic heterocycles. The van der Waals surface area contributed by atoms with Gasteiger partial charge in [0.05, 0.1) is 11.4 Å². The van der Waals surface area contributed by atoms with Gasteiger partial charge in [-0.3, -0.25) is 0 Å². The van der Waals surface area contributed by atoms with Crippen LogP contribution in [0.1, 0.15) is 61.8 Å². The van der Waals surface area contributed by atoms with E-state index in [4.69, 9.17) is 4.74 Å². The molecule has 0 atom stereocenters. The fourth-order valence-electron chi connectivity index (χ4n) is 5.22. The lowest BCUT2D eigenvalue weighted by molar-refractivity contribution is 0.313. The number of benzene rings is 3. The molecule has 1 aliphatic heterocycles. The lowest BCUT2D eigenvalue weighted by Crippen LogP contribution is -2.32. The average molecular weight is 516 g/mol. The molecule has 3 aromatic rings. The maximum Gasteiger partial charge on any atom is 0.119 e. The van der Waals surface area contributed by atoms with E-state index in [9.17, 15) is 5.11 Å². The minimum absolute atomic E-state index is 0.358. The van der Waals surface area contributed by atoms with Crippen molar-refractivity contribution in [3.8, 4) is 11.5 Å². The summed E-state index contributed by atoms with van der Waals surface area (Å²) in [7, 11) is 0. The molecule has 0 fully saturated rings. The minimum Gasteiger partial charge on any atom is -0.508 e. The topological polar surface area (TPSA) is 48.0 Å². The fourth-order valence-corrected chi connectivity index (χ4v) is 5.22. The number of unbranched alkanes of at least 4 members (excludes halogenated alkanes) is 3. The first-order chi connectivity index (χ1) is 18.6. The van der Waals surface area contributed by atoms with Crippen LogP contribution in [0.4, 0.5) is 11.4 Å². The SMILES string of the molecule is CCCCCCNCCOc1ccc(CN(CC)c2cc(C)ccc2N2CCc3cc(O)ccc3C2)cc1. The monoisotopic (exact) mass is 515 g/mol. The van der Waals surface area contributed by atoms with E-state index in [0.717, 1.165) is 51.4 Å². The Labute approximate surface area is 229 Å². The Hall–Kier alpha value is -3.18. The van der Waals surface area contributed by atoms with Gasteiger partial charge in [0, 0.05) is 32.7 Å². The zero-order valence-electron chi connectivity index (χ0n) is 23.5. The standard InChI is InChI=1S/C33H45N3O2/c1-4-6-7-8-18-34-19-21-38-31-14-10-27(11-15-31)24-35(5-2)33-22-26(3)9-16-32(33)36-20-17-28-23-30(37)13-12-29(28)25-36/h9-16,22-23,34,37H,4-8,17-21,24-25H2,1-3H3. The van der Waals surface area contributed by atoms with Gasteiger partial charge in [-0.25, -0.2) is 0 Å². The molecule has 0 radical (unpaired) electrons. The van der Waals surface area contributed by atoms with Crippen molar-refractivity contribution in [2.75, 3.05) is 42.6 Å². The Bertz CT molecular complexity index is 1150. The van der Waals surface area contributed by atoms with Gasteiger partial charge in [0.2, 0.25) is 0 Å². The van der Waals surface area contributed by atoms with E-state index < -0.39 is 0 Å². The average Bonchev–Trinajstić information content (AvgIpc) is 2.93. The quantitative estimate of drug-likeness (QED) is 0.230. The van der Waals surface area contributed by atoms with Crippen molar-refractivity contribution in [3.63, 3.8) is 0 Å². The second-order valence-corrected chi connectivity index (χ2v) is 10.4. The van der Waals surface area contributed by atoms with Crippen molar-refractivity contribution < 1.29 is 9.84 Å². The van der Waals surface area contributed by atoms with Crippen molar-refractivity contribution in [2.45, 2.75) is 66.0 Å². The number of ether oxygens (including phenoxy) is 1. The maximum absolute atomic E-state index is 9.87. The minimum atomic E-state index is 0.358. The Balaban J connectivity index is 1.36. The van der Waals surface area contributed by atoms with Crippen LogP contribution in [0, 0.1) is 6.92 Å². The van der Waals surface area contributed by atoms with Gasteiger partial charge in [-0.15, -0.1) is 0 Å². The molecule has 5 heteroatoms. The van der Waals surface area contributed by atoms with E-state index in [-0.39, 0.29) is 0 Å². The third kappa shape index (κ3) is 7.67. The first-order valence-corrected chi connectivity index (χ1v) is 14.4. The summed E-state index contributed by atoms with van der Waals surface area (Å²) >= 11 is 0. The van der Waals surface area contributed by atoms with Gasteiger partial charge in [-0.05, 0) is 91.9 Å². The van der Waals surface area contributed by atoms with Gasteiger partial charge in [0.15, 0.2) is 0 Å². The van der Waals surface area contributed by atoms with Gasteiger partial charge in [0.1, 0.15) is 18.1 Å². The van der Waals surface area contributed by atoms with Crippen molar-refractivity contribution in [3.05, 3.63) is 82.9 Å². The Morgan fingerprint density at radius 1 is 0.921 bits per heavy atom. The number of nitrogens with zero attached hydrogens (tertiary/aromatic N) is 2. The highest BCUT2D eigenvalue weighted by atomic mass is 16.5. The third-order valence-electron chi connectivity index (χ3n) is 7.45. The van der Waals surface area contributed by atoms with Crippen LogP contribution in [0.2, 0.25) is 0 Å². The van der Waals surface area contributed by atoms with Crippen LogP contribution in [0.15, 0.2) is 60.7 Å². The lowest BCUT2D eigenvalue weighted by Gasteiger charge is -2.35. The van der Waals surface area contributed by atoms with E-state index in [1.165, 1.54) is 59.3 Å². The van der Waals surface area contributed by atoms with E-state index >= 15 is 0 Å².